The molecule has 2 rings (SSSR count). The molecule has 0 fully saturated rings. The molecule has 1 nitrogen and oxygen atoms in total. The van der Waals surface area contributed by atoms with Gasteiger partial charge in [0.05, 0.1) is 0 Å². The fraction of sp³-hybridized carbons (Fsp3) is 0.800. The number of aromatic nitrogens is 1. The van der Waals surface area contributed by atoms with Gasteiger partial charge in [0.25, 0.3) is 0 Å². The van der Waals surface area contributed by atoms with Crippen LogP contribution in [0.15, 0.2) is 12.1 Å². The highest BCUT2D eigenvalue weighted by molar-refractivity contribution is 5.89. The largest absolute Gasteiger partial charge is 0.358 e. The fourth-order valence-corrected chi connectivity index (χ4v) is 6.88. The predicted molar refractivity (Wildman–Crippen MR) is 187 cm³/mol. The Morgan fingerprint density at radius 2 is 0.780 bits per heavy atom. The molecule has 0 saturated heterocycles. The van der Waals surface area contributed by atoms with Gasteiger partial charge in [-0.3, -0.25) is 0 Å². The normalized spacial score (nSPS) is 11.7. The van der Waals surface area contributed by atoms with Gasteiger partial charge in [0.2, 0.25) is 0 Å². The van der Waals surface area contributed by atoms with Crippen molar-refractivity contribution in [2.45, 2.75) is 207 Å². The second-order valence-electron chi connectivity index (χ2n) is 13.3. The molecule has 0 aliphatic heterocycles. The van der Waals surface area contributed by atoms with E-state index in [-0.39, 0.29) is 0 Å². The number of hydrogen-bond donors (Lipinski definition) is 1. The van der Waals surface area contributed by atoms with Crippen LogP contribution in [0.2, 0.25) is 0 Å². The van der Waals surface area contributed by atoms with E-state index in [1.165, 1.54) is 185 Å². The summed E-state index contributed by atoms with van der Waals surface area (Å²) in [5.74, 6) is 0. The van der Waals surface area contributed by atoms with E-state index in [0.717, 1.165) is 0 Å². The summed E-state index contributed by atoms with van der Waals surface area (Å²) in [5.41, 5.74) is 8.16. The first-order chi connectivity index (χ1) is 20.3. The van der Waals surface area contributed by atoms with Crippen LogP contribution < -0.4 is 0 Å². The van der Waals surface area contributed by atoms with Crippen molar-refractivity contribution in [1.82, 2.24) is 4.98 Å². The van der Waals surface area contributed by atoms with Crippen molar-refractivity contribution in [3.63, 3.8) is 0 Å². The first-order valence-electron chi connectivity index (χ1n) is 18.9. The SMILES string of the molecule is CCCCCCCCc1ccc2[nH]c(CCCCCCCC)c(CCCCCCCC)c2c1CCCCCCCC. The molecule has 0 aliphatic rings. The van der Waals surface area contributed by atoms with Crippen LogP contribution >= 0.6 is 0 Å². The van der Waals surface area contributed by atoms with Crippen molar-refractivity contribution in [2.75, 3.05) is 0 Å². The summed E-state index contributed by atoms with van der Waals surface area (Å²) < 4.78 is 0. The molecule has 0 amide bonds. The van der Waals surface area contributed by atoms with E-state index in [0.29, 0.717) is 0 Å². The molecular weight excluding hydrogens is 494 g/mol. The molecule has 0 radical (unpaired) electrons. The Bertz CT molecular complexity index is 861. The molecule has 1 heterocycles. The number of hydrogen-bond acceptors (Lipinski definition) is 0. The zero-order chi connectivity index (χ0) is 29.4. The topological polar surface area (TPSA) is 15.8 Å². The van der Waals surface area contributed by atoms with Crippen molar-refractivity contribution >= 4 is 10.9 Å². The van der Waals surface area contributed by atoms with Gasteiger partial charge >= 0.3 is 0 Å². The van der Waals surface area contributed by atoms with Crippen LogP contribution in [-0.2, 0) is 25.7 Å². The lowest BCUT2D eigenvalue weighted by atomic mass is 9.90. The van der Waals surface area contributed by atoms with Crippen molar-refractivity contribution in [1.29, 1.82) is 0 Å². The van der Waals surface area contributed by atoms with Crippen molar-refractivity contribution < 1.29 is 0 Å². The van der Waals surface area contributed by atoms with Crippen LogP contribution in [0.3, 0.4) is 0 Å². The van der Waals surface area contributed by atoms with Gasteiger partial charge in [-0.15, -0.1) is 0 Å². The van der Waals surface area contributed by atoms with Gasteiger partial charge in [-0.25, -0.2) is 0 Å². The number of aromatic amines is 1. The van der Waals surface area contributed by atoms with Gasteiger partial charge in [0, 0.05) is 16.6 Å². The molecule has 236 valence electrons. The molecule has 41 heavy (non-hydrogen) atoms. The van der Waals surface area contributed by atoms with Gasteiger partial charge in [0.15, 0.2) is 0 Å². The minimum atomic E-state index is 1.25. The maximum Gasteiger partial charge on any atom is 0.0461 e. The Kier molecular flexibility index (Phi) is 21.2. The van der Waals surface area contributed by atoms with Crippen LogP contribution in [0.5, 0.6) is 0 Å². The van der Waals surface area contributed by atoms with Crippen LogP contribution in [0.4, 0.5) is 0 Å². The molecule has 0 atom stereocenters. The molecule has 1 aromatic heterocycles. The van der Waals surface area contributed by atoms with Gasteiger partial charge in [-0.1, -0.05) is 162 Å². The first-order valence-corrected chi connectivity index (χ1v) is 18.9. The summed E-state index contributed by atoms with van der Waals surface area (Å²) in [6.07, 6.45) is 38.4. The number of unbranched alkanes of at least 4 members (excludes halogenated alkanes) is 20. The summed E-state index contributed by atoms with van der Waals surface area (Å²) in [4.78, 5) is 4.00. The van der Waals surface area contributed by atoms with E-state index in [9.17, 15) is 0 Å². The van der Waals surface area contributed by atoms with Gasteiger partial charge < -0.3 is 4.98 Å². The Hall–Kier alpha value is -1.24. The van der Waals surface area contributed by atoms with Gasteiger partial charge in [-0.2, -0.15) is 0 Å². The van der Waals surface area contributed by atoms with E-state index >= 15 is 0 Å². The predicted octanol–water partition coefficient (Wildman–Crippen LogP) is 13.8. The highest BCUT2D eigenvalue weighted by Gasteiger charge is 2.17. The standard InChI is InChI=1S/C40H71N/c1-5-9-13-17-21-25-29-35-33-34-39-40(36(35)30-26-22-18-14-10-6-2)37(31-27-23-19-15-11-7-3)38(41-39)32-28-24-20-16-12-8-4/h33-34,41H,5-32H2,1-4H3. The quantitative estimate of drug-likeness (QED) is 0.0987. The maximum absolute atomic E-state index is 4.00. The molecule has 1 N–H and O–H groups in total. The monoisotopic (exact) mass is 566 g/mol. The average molecular weight is 566 g/mol. The Labute approximate surface area is 257 Å². The van der Waals surface area contributed by atoms with Crippen molar-refractivity contribution in [3.8, 4) is 0 Å². The maximum atomic E-state index is 4.00. The molecule has 0 spiro atoms. The number of H-pyrrole nitrogens is 1. The summed E-state index contributed by atoms with van der Waals surface area (Å²) in [6.45, 7) is 9.30. The molecule has 2 aromatic rings. The minimum absolute atomic E-state index is 1.25. The lowest BCUT2D eigenvalue weighted by Crippen LogP contribution is -2.00. The van der Waals surface area contributed by atoms with E-state index in [4.69, 9.17) is 0 Å². The number of rotatable bonds is 28. The fourth-order valence-electron chi connectivity index (χ4n) is 6.88. The summed E-state index contributed by atoms with van der Waals surface area (Å²) in [5, 5.41) is 1.66. The first kappa shape index (κ1) is 36.0. The molecule has 1 aromatic carbocycles. The third-order valence-electron chi connectivity index (χ3n) is 9.50. The average Bonchev–Trinajstić information content (AvgIpc) is 3.34. The molecule has 0 bridgehead atoms. The third kappa shape index (κ3) is 14.7. The molecule has 1 heteroatoms. The van der Waals surface area contributed by atoms with Crippen LogP contribution in [0.25, 0.3) is 10.9 Å². The van der Waals surface area contributed by atoms with E-state index in [1.54, 1.807) is 27.8 Å². The molecule has 0 aliphatic carbocycles. The minimum Gasteiger partial charge on any atom is -0.358 e. The van der Waals surface area contributed by atoms with E-state index in [1.807, 2.05) is 0 Å². The lowest BCUT2D eigenvalue weighted by Gasteiger charge is -2.14. The highest BCUT2D eigenvalue weighted by atomic mass is 14.7. The van der Waals surface area contributed by atoms with Crippen LogP contribution in [0.1, 0.15) is 204 Å². The Morgan fingerprint density at radius 1 is 0.390 bits per heavy atom. The summed E-state index contributed by atoms with van der Waals surface area (Å²) in [7, 11) is 0. The second kappa shape index (κ2) is 24.2. The molecule has 0 unspecified atom stereocenters. The van der Waals surface area contributed by atoms with Crippen LogP contribution in [0, 0.1) is 0 Å². The molecule has 0 saturated carbocycles. The zero-order valence-corrected chi connectivity index (χ0v) is 28.5. The van der Waals surface area contributed by atoms with Gasteiger partial charge in [-0.05, 0) is 74.1 Å². The lowest BCUT2D eigenvalue weighted by molar-refractivity contribution is 0.597. The second-order valence-corrected chi connectivity index (χ2v) is 13.3. The van der Waals surface area contributed by atoms with Crippen molar-refractivity contribution in [2.24, 2.45) is 0 Å². The zero-order valence-electron chi connectivity index (χ0n) is 28.5. The number of fused-ring (bicyclic) bond motifs is 1. The molecular formula is C40H71N. The smallest absolute Gasteiger partial charge is 0.0461 e. The van der Waals surface area contributed by atoms with Crippen molar-refractivity contribution in [3.05, 3.63) is 34.5 Å². The number of aryl methyl sites for hydroxylation is 4. The number of benzene rings is 1. The summed E-state index contributed by atoms with van der Waals surface area (Å²) in [6, 6.07) is 4.97. The van der Waals surface area contributed by atoms with Crippen LogP contribution in [-0.4, -0.2) is 4.98 Å². The Balaban J connectivity index is 2.23. The van der Waals surface area contributed by atoms with E-state index in [2.05, 4.69) is 44.8 Å². The third-order valence-corrected chi connectivity index (χ3v) is 9.50. The van der Waals surface area contributed by atoms with E-state index < -0.39 is 0 Å². The Morgan fingerprint density at radius 3 is 1.27 bits per heavy atom. The van der Waals surface area contributed by atoms with Gasteiger partial charge in [0.1, 0.15) is 0 Å². The highest BCUT2D eigenvalue weighted by Crippen LogP contribution is 2.33. The number of nitrogens with one attached hydrogen (secondary N) is 1. The summed E-state index contributed by atoms with van der Waals surface area (Å²) >= 11 is 0.